The number of para-hydroxylation sites is 2. The van der Waals surface area contributed by atoms with Gasteiger partial charge in [-0.1, -0.05) is 48.2 Å². The van der Waals surface area contributed by atoms with Crippen molar-refractivity contribution in [3.8, 4) is 0 Å². The van der Waals surface area contributed by atoms with Gasteiger partial charge in [0.2, 0.25) is 0 Å². The number of aromatic amines is 1. The van der Waals surface area contributed by atoms with Crippen LogP contribution in [0.3, 0.4) is 0 Å². The van der Waals surface area contributed by atoms with Crippen LogP contribution in [0.5, 0.6) is 0 Å². The molecule has 0 radical (unpaired) electrons. The third-order valence-electron chi connectivity index (χ3n) is 7.45. The fourth-order valence-electron chi connectivity index (χ4n) is 6.20. The molecule has 3 aromatic rings. The first-order valence-corrected chi connectivity index (χ1v) is 13.3. The molecule has 4 atom stereocenters. The van der Waals surface area contributed by atoms with E-state index in [4.69, 9.17) is 0 Å². The van der Waals surface area contributed by atoms with Crippen molar-refractivity contribution in [3.05, 3.63) is 65.9 Å². The Morgan fingerprint density at radius 2 is 1.72 bits per heavy atom. The van der Waals surface area contributed by atoms with Crippen LogP contribution in [0.25, 0.3) is 10.9 Å². The van der Waals surface area contributed by atoms with Crippen LogP contribution in [0.2, 0.25) is 0 Å². The molecule has 8 nitrogen and oxygen atoms in total. The molecule has 0 spiro atoms. The SMILES string of the molecule is CC(=O)S[C@H]1C(=O)N2[C@H]3Nc4ccccc4[C@@]3(c3c[nH]c4ccccc34)C[C@]2(SC(C)=O)C(=O)N1C. The van der Waals surface area contributed by atoms with Gasteiger partial charge in [-0.2, -0.15) is 0 Å². The summed E-state index contributed by atoms with van der Waals surface area (Å²) >= 11 is 1.72. The van der Waals surface area contributed by atoms with Crippen molar-refractivity contribution in [2.75, 3.05) is 12.4 Å². The molecule has 2 fully saturated rings. The first-order chi connectivity index (χ1) is 17.2. The predicted molar refractivity (Wildman–Crippen MR) is 140 cm³/mol. The highest BCUT2D eigenvalue weighted by atomic mass is 32.2. The Hall–Kier alpha value is -3.24. The summed E-state index contributed by atoms with van der Waals surface area (Å²) in [6.07, 6.45) is 1.54. The van der Waals surface area contributed by atoms with Crippen molar-refractivity contribution in [1.82, 2.24) is 14.8 Å². The van der Waals surface area contributed by atoms with Gasteiger partial charge in [-0.05, 0) is 35.0 Å². The normalized spacial score (nSPS) is 28.6. The molecular formula is C26H24N4O4S2. The molecule has 3 aliphatic rings. The van der Waals surface area contributed by atoms with Crippen molar-refractivity contribution < 1.29 is 19.2 Å². The van der Waals surface area contributed by atoms with Crippen molar-refractivity contribution in [1.29, 1.82) is 0 Å². The summed E-state index contributed by atoms with van der Waals surface area (Å²) in [5.74, 6) is -0.716. The third-order valence-corrected chi connectivity index (χ3v) is 9.66. The molecule has 4 heterocycles. The minimum absolute atomic E-state index is 0.215. The molecule has 0 saturated carbocycles. The standard InChI is InChI=1S/C26H24N4O4S2/c1-14(31)35-22-21(33)30-23-25(17-9-5-7-11-20(17)28-23,18-12-27-19-10-6-4-8-16(18)19)13-26(30,36-15(2)32)24(34)29(22)3/h4-12,22-23,27-28H,13H2,1-3H3/t22-,23+,25+,26-/m0/s1. The van der Waals surface area contributed by atoms with E-state index in [1.54, 1.807) is 4.90 Å². The van der Waals surface area contributed by atoms with Crippen LogP contribution < -0.4 is 5.32 Å². The van der Waals surface area contributed by atoms with Gasteiger partial charge in [0.25, 0.3) is 11.8 Å². The highest BCUT2D eigenvalue weighted by Gasteiger charge is 2.72. The smallest absolute Gasteiger partial charge is 0.260 e. The number of fused-ring (bicyclic) bond motifs is 6. The molecule has 2 N–H and O–H groups in total. The summed E-state index contributed by atoms with van der Waals surface area (Å²) < 4.78 is 0. The summed E-state index contributed by atoms with van der Waals surface area (Å²) in [4.78, 5) is 57.7. The minimum Gasteiger partial charge on any atom is -0.364 e. The fourth-order valence-corrected chi connectivity index (χ4v) is 8.28. The highest BCUT2D eigenvalue weighted by Crippen LogP contribution is 2.63. The molecular weight excluding hydrogens is 496 g/mol. The number of H-pyrrole nitrogens is 1. The molecule has 0 aliphatic carbocycles. The van der Waals surface area contributed by atoms with E-state index in [1.807, 2.05) is 54.7 Å². The zero-order valence-electron chi connectivity index (χ0n) is 19.9. The number of thioether (sulfide) groups is 2. The molecule has 1 aromatic heterocycles. The number of amides is 2. The van der Waals surface area contributed by atoms with Gasteiger partial charge in [-0.15, -0.1) is 0 Å². The summed E-state index contributed by atoms with van der Waals surface area (Å²) in [6, 6.07) is 15.8. The minimum atomic E-state index is -1.45. The van der Waals surface area contributed by atoms with Gasteiger partial charge < -0.3 is 15.2 Å². The summed E-state index contributed by atoms with van der Waals surface area (Å²) in [6.45, 7) is 2.80. The lowest BCUT2D eigenvalue weighted by Gasteiger charge is -2.47. The fraction of sp³-hybridized carbons (Fsp3) is 0.308. The maximum Gasteiger partial charge on any atom is 0.260 e. The molecule has 6 rings (SSSR count). The lowest BCUT2D eigenvalue weighted by atomic mass is 9.72. The van der Waals surface area contributed by atoms with E-state index in [-0.39, 0.29) is 28.5 Å². The van der Waals surface area contributed by atoms with Gasteiger partial charge in [0.1, 0.15) is 6.17 Å². The molecule has 3 aliphatic heterocycles. The Morgan fingerprint density at radius 3 is 2.47 bits per heavy atom. The Bertz CT molecular complexity index is 1470. The topological polar surface area (TPSA) is 103 Å². The zero-order chi connectivity index (χ0) is 25.4. The average Bonchev–Trinajstić information content (AvgIpc) is 3.48. The predicted octanol–water partition coefficient (Wildman–Crippen LogP) is 3.49. The number of benzene rings is 2. The molecule has 184 valence electrons. The monoisotopic (exact) mass is 520 g/mol. The number of nitrogens with zero attached hydrogens (tertiary/aromatic N) is 2. The molecule has 0 bridgehead atoms. The van der Waals surface area contributed by atoms with E-state index in [9.17, 15) is 19.2 Å². The van der Waals surface area contributed by atoms with Crippen LogP contribution in [-0.4, -0.2) is 60.3 Å². The second-order valence-corrected chi connectivity index (χ2v) is 12.2. The second kappa shape index (κ2) is 7.88. The van der Waals surface area contributed by atoms with E-state index >= 15 is 0 Å². The van der Waals surface area contributed by atoms with E-state index in [1.165, 1.54) is 25.8 Å². The molecule has 10 heteroatoms. The van der Waals surface area contributed by atoms with Crippen molar-refractivity contribution in [2.24, 2.45) is 0 Å². The number of hydrogen-bond donors (Lipinski definition) is 2. The van der Waals surface area contributed by atoms with Crippen molar-refractivity contribution in [3.63, 3.8) is 0 Å². The summed E-state index contributed by atoms with van der Waals surface area (Å²) in [5, 5.41) is 3.01. The maximum absolute atomic E-state index is 14.1. The number of carbonyl (C=O) groups is 4. The number of hydrogen-bond acceptors (Lipinski definition) is 7. The van der Waals surface area contributed by atoms with Gasteiger partial charge in [0.05, 0.1) is 5.41 Å². The van der Waals surface area contributed by atoms with Gasteiger partial charge >= 0.3 is 0 Å². The zero-order valence-corrected chi connectivity index (χ0v) is 21.5. The molecule has 2 saturated heterocycles. The number of rotatable bonds is 3. The Balaban J connectivity index is 1.64. The quantitative estimate of drug-likeness (QED) is 0.545. The number of aromatic nitrogens is 1. The van der Waals surface area contributed by atoms with Crippen LogP contribution >= 0.6 is 23.5 Å². The first-order valence-electron chi connectivity index (χ1n) is 11.6. The largest absolute Gasteiger partial charge is 0.364 e. The van der Waals surface area contributed by atoms with E-state index in [0.717, 1.165) is 51.2 Å². The van der Waals surface area contributed by atoms with Crippen LogP contribution in [0, 0.1) is 0 Å². The highest BCUT2D eigenvalue weighted by molar-refractivity contribution is 8.15. The number of nitrogens with one attached hydrogen (secondary N) is 2. The van der Waals surface area contributed by atoms with Crippen LogP contribution in [0.1, 0.15) is 31.4 Å². The van der Waals surface area contributed by atoms with Gasteiger partial charge in [0, 0.05) is 50.1 Å². The van der Waals surface area contributed by atoms with Gasteiger partial charge in [-0.25, -0.2) is 0 Å². The van der Waals surface area contributed by atoms with E-state index in [0.29, 0.717) is 0 Å². The molecule has 2 aromatic carbocycles. The second-order valence-electron chi connectivity index (χ2n) is 9.45. The summed E-state index contributed by atoms with van der Waals surface area (Å²) in [5.41, 5.74) is 2.95. The molecule has 2 amide bonds. The van der Waals surface area contributed by atoms with Crippen molar-refractivity contribution >= 4 is 62.2 Å². The third kappa shape index (κ3) is 2.91. The number of likely N-dealkylation sites (N-methyl/N-ethyl adjacent to an activating group) is 1. The number of piperazine rings is 1. The van der Waals surface area contributed by atoms with Gasteiger partial charge in [0.15, 0.2) is 20.5 Å². The van der Waals surface area contributed by atoms with Crippen LogP contribution in [0.4, 0.5) is 5.69 Å². The number of carbonyl (C=O) groups excluding carboxylic acids is 4. The van der Waals surface area contributed by atoms with E-state index in [2.05, 4.69) is 10.3 Å². The van der Waals surface area contributed by atoms with Crippen LogP contribution in [-0.2, 0) is 24.6 Å². The Morgan fingerprint density at radius 1 is 1.00 bits per heavy atom. The maximum atomic E-state index is 14.1. The Kier molecular flexibility index (Phi) is 5.07. The molecule has 36 heavy (non-hydrogen) atoms. The first kappa shape index (κ1) is 23.2. The average molecular weight is 521 g/mol. The van der Waals surface area contributed by atoms with E-state index < -0.39 is 21.8 Å². The lowest BCUT2D eigenvalue weighted by Crippen LogP contribution is -2.68. The lowest BCUT2D eigenvalue weighted by molar-refractivity contribution is -0.157. The number of anilines is 1. The van der Waals surface area contributed by atoms with Crippen LogP contribution in [0.15, 0.2) is 54.7 Å². The molecule has 0 unspecified atom stereocenters. The van der Waals surface area contributed by atoms with Gasteiger partial charge in [-0.3, -0.25) is 24.1 Å². The van der Waals surface area contributed by atoms with Crippen molar-refractivity contribution in [2.45, 2.75) is 42.1 Å². The summed E-state index contributed by atoms with van der Waals surface area (Å²) in [7, 11) is 1.54. The Labute approximate surface area is 216 Å².